The number of hydrogen-bond donors (Lipinski definition) is 2. The van der Waals surface area contributed by atoms with Crippen molar-refractivity contribution in [3.63, 3.8) is 0 Å². The van der Waals surface area contributed by atoms with Crippen molar-refractivity contribution < 1.29 is 13.2 Å². The Kier molecular flexibility index (Phi) is 3.17. The van der Waals surface area contributed by atoms with Gasteiger partial charge in [-0.15, -0.1) is 0 Å². The van der Waals surface area contributed by atoms with E-state index in [2.05, 4.69) is 5.32 Å². The highest BCUT2D eigenvalue weighted by Crippen LogP contribution is 2.19. The van der Waals surface area contributed by atoms with Crippen molar-refractivity contribution in [2.45, 2.75) is 30.2 Å². The van der Waals surface area contributed by atoms with Gasteiger partial charge < -0.3 is 5.32 Å². The molecule has 0 atom stereocenters. The van der Waals surface area contributed by atoms with Crippen molar-refractivity contribution in [3.05, 3.63) is 29.8 Å². The Morgan fingerprint density at radius 1 is 1.35 bits per heavy atom. The van der Waals surface area contributed by atoms with Gasteiger partial charge >= 0.3 is 0 Å². The number of benzene rings is 1. The summed E-state index contributed by atoms with van der Waals surface area (Å²) in [6, 6.07) is 5.97. The first-order valence-corrected chi connectivity index (χ1v) is 6.95. The molecule has 1 fully saturated rings. The molecule has 0 unspecified atom stereocenters. The fourth-order valence-corrected chi connectivity index (χ4v) is 2.20. The molecule has 1 aromatic rings. The first kappa shape index (κ1) is 12.1. The Hall–Kier alpha value is -1.40. The highest BCUT2D eigenvalue weighted by Gasteiger charge is 2.20. The lowest BCUT2D eigenvalue weighted by Crippen LogP contribution is -2.39. The summed E-state index contributed by atoms with van der Waals surface area (Å²) in [6.45, 7) is 0. The number of carbonyl (C=O) groups excluding carboxylic acids is 1. The zero-order chi connectivity index (χ0) is 12.5. The fraction of sp³-hybridized carbons (Fsp3) is 0.364. The van der Waals surface area contributed by atoms with Crippen LogP contribution in [0.4, 0.5) is 0 Å². The summed E-state index contributed by atoms with van der Waals surface area (Å²) in [5, 5.41) is 7.84. The van der Waals surface area contributed by atoms with Gasteiger partial charge in [0.1, 0.15) is 0 Å². The third-order valence-electron chi connectivity index (χ3n) is 2.87. The third-order valence-corrected chi connectivity index (χ3v) is 3.78. The fourth-order valence-electron chi connectivity index (χ4n) is 1.64. The quantitative estimate of drug-likeness (QED) is 0.828. The van der Waals surface area contributed by atoms with Crippen LogP contribution in [0.15, 0.2) is 29.2 Å². The molecule has 0 saturated heterocycles. The minimum absolute atomic E-state index is 0.0428. The summed E-state index contributed by atoms with van der Waals surface area (Å²) >= 11 is 0. The predicted octanol–water partition coefficient (Wildman–Crippen LogP) is 0.616. The monoisotopic (exact) mass is 254 g/mol. The van der Waals surface area contributed by atoms with E-state index in [-0.39, 0.29) is 16.8 Å². The summed E-state index contributed by atoms with van der Waals surface area (Å²) in [6.07, 6.45) is 3.10. The van der Waals surface area contributed by atoms with Crippen molar-refractivity contribution in [1.82, 2.24) is 5.32 Å². The number of nitrogens with two attached hydrogens (primary N) is 1. The van der Waals surface area contributed by atoms with Crippen LogP contribution >= 0.6 is 0 Å². The smallest absolute Gasteiger partial charge is 0.251 e. The summed E-state index contributed by atoms with van der Waals surface area (Å²) in [5.74, 6) is -0.250. The standard InChI is InChI=1S/C11H14N2O3S/c12-17(15,16)10-6-1-3-8(7-10)11(14)13-9-4-2-5-9/h1,3,6-7,9H,2,4-5H2,(H,13,14)(H2,12,15,16). The molecule has 0 radical (unpaired) electrons. The van der Waals surface area contributed by atoms with Crippen LogP contribution < -0.4 is 10.5 Å². The van der Waals surface area contributed by atoms with Gasteiger partial charge in [0.15, 0.2) is 0 Å². The molecule has 6 heteroatoms. The van der Waals surface area contributed by atoms with E-state index in [1.807, 2.05) is 0 Å². The number of hydrogen-bond acceptors (Lipinski definition) is 3. The number of primary sulfonamides is 1. The first-order valence-electron chi connectivity index (χ1n) is 5.40. The van der Waals surface area contributed by atoms with E-state index in [0.29, 0.717) is 5.56 Å². The Labute approximate surface area is 100 Å². The average molecular weight is 254 g/mol. The van der Waals surface area contributed by atoms with Gasteiger partial charge in [0.25, 0.3) is 5.91 Å². The predicted molar refractivity (Wildman–Crippen MR) is 62.9 cm³/mol. The SMILES string of the molecule is NS(=O)(=O)c1cccc(C(=O)NC2CCC2)c1. The summed E-state index contributed by atoms with van der Waals surface area (Å²) in [4.78, 5) is 11.7. The Morgan fingerprint density at radius 3 is 2.59 bits per heavy atom. The first-order chi connectivity index (χ1) is 7.97. The van der Waals surface area contributed by atoms with Gasteiger partial charge in [-0.2, -0.15) is 0 Å². The molecule has 1 aromatic carbocycles. The molecule has 0 heterocycles. The molecule has 2 rings (SSSR count). The van der Waals surface area contributed by atoms with Crippen LogP contribution in [0.1, 0.15) is 29.6 Å². The molecule has 1 saturated carbocycles. The van der Waals surface area contributed by atoms with E-state index in [0.717, 1.165) is 19.3 Å². The van der Waals surface area contributed by atoms with Crippen LogP contribution in [0.25, 0.3) is 0 Å². The molecule has 0 aromatic heterocycles. The molecule has 92 valence electrons. The molecule has 1 amide bonds. The maximum atomic E-state index is 11.8. The van der Waals surface area contributed by atoms with E-state index in [1.165, 1.54) is 18.2 Å². The minimum atomic E-state index is -3.76. The topological polar surface area (TPSA) is 89.3 Å². The second-order valence-electron chi connectivity index (χ2n) is 4.17. The van der Waals surface area contributed by atoms with Gasteiger partial charge in [0.2, 0.25) is 10.0 Å². The van der Waals surface area contributed by atoms with Gasteiger partial charge in [0, 0.05) is 11.6 Å². The van der Waals surface area contributed by atoms with Gasteiger partial charge in [-0.05, 0) is 37.5 Å². The summed E-state index contributed by atoms with van der Waals surface area (Å²) in [5.41, 5.74) is 0.323. The lowest BCUT2D eigenvalue weighted by molar-refractivity contribution is 0.0917. The summed E-state index contributed by atoms with van der Waals surface area (Å²) in [7, 11) is -3.76. The van der Waals surface area contributed by atoms with Crippen molar-refractivity contribution >= 4 is 15.9 Å². The molecule has 3 N–H and O–H groups in total. The van der Waals surface area contributed by atoms with Gasteiger partial charge in [-0.25, -0.2) is 13.6 Å². The van der Waals surface area contributed by atoms with Gasteiger partial charge in [0.05, 0.1) is 4.90 Å². The zero-order valence-electron chi connectivity index (χ0n) is 9.22. The molecule has 5 nitrogen and oxygen atoms in total. The van der Waals surface area contributed by atoms with Crippen LogP contribution in [0.3, 0.4) is 0 Å². The Morgan fingerprint density at radius 2 is 2.06 bits per heavy atom. The third kappa shape index (κ3) is 2.83. The average Bonchev–Trinajstić information content (AvgIpc) is 2.22. The summed E-state index contributed by atoms with van der Waals surface area (Å²) < 4.78 is 22.3. The number of amides is 1. The van der Waals surface area contributed by atoms with Crippen molar-refractivity contribution in [2.24, 2.45) is 5.14 Å². The Bertz CT molecular complexity index is 535. The zero-order valence-corrected chi connectivity index (χ0v) is 10.0. The molecule has 1 aliphatic rings. The van der Waals surface area contributed by atoms with E-state index in [4.69, 9.17) is 5.14 Å². The lowest BCUT2D eigenvalue weighted by atomic mass is 9.93. The lowest BCUT2D eigenvalue weighted by Gasteiger charge is -2.26. The molecule has 0 spiro atoms. The van der Waals surface area contributed by atoms with E-state index in [1.54, 1.807) is 6.07 Å². The number of carbonyl (C=O) groups is 1. The number of sulfonamides is 1. The highest BCUT2D eigenvalue weighted by molar-refractivity contribution is 7.89. The maximum absolute atomic E-state index is 11.8. The van der Waals surface area contributed by atoms with Crippen molar-refractivity contribution in [1.29, 1.82) is 0 Å². The van der Waals surface area contributed by atoms with Gasteiger partial charge in [-0.1, -0.05) is 6.07 Å². The van der Waals surface area contributed by atoms with Crippen LogP contribution in [0.5, 0.6) is 0 Å². The normalized spacial score (nSPS) is 16.3. The molecule has 1 aliphatic carbocycles. The van der Waals surface area contributed by atoms with Gasteiger partial charge in [-0.3, -0.25) is 4.79 Å². The molecular weight excluding hydrogens is 240 g/mol. The molecule has 0 bridgehead atoms. The van der Waals surface area contributed by atoms with E-state index >= 15 is 0 Å². The van der Waals surface area contributed by atoms with E-state index < -0.39 is 10.0 Å². The van der Waals surface area contributed by atoms with Crippen LogP contribution in [0.2, 0.25) is 0 Å². The van der Waals surface area contributed by atoms with E-state index in [9.17, 15) is 13.2 Å². The largest absolute Gasteiger partial charge is 0.349 e. The maximum Gasteiger partial charge on any atom is 0.251 e. The highest BCUT2D eigenvalue weighted by atomic mass is 32.2. The van der Waals surface area contributed by atoms with Crippen molar-refractivity contribution in [3.8, 4) is 0 Å². The van der Waals surface area contributed by atoms with Crippen molar-refractivity contribution in [2.75, 3.05) is 0 Å². The van der Waals surface area contributed by atoms with Crippen LogP contribution in [-0.2, 0) is 10.0 Å². The minimum Gasteiger partial charge on any atom is -0.349 e. The molecule has 17 heavy (non-hydrogen) atoms. The van der Waals surface area contributed by atoms with Crippen LogP contribution in [-0.4, -0.2) is 20.4 Å². The Balaban J connectivity index is 2.17. The molecule has 0 aliphatic heterocycles. The second kappa shape index (κ2) is 4.46. The number of nitrogens with one attached hydrogen (secondary N) is 1. The second-order valence-corrected chi connectivity index (χ2v) is 5.74. The molecular formula is C11H14N2O3S. The van der Waals surface area contributed by atoms with Crippen LogP contribution in [0, 0.1) is 0 Å². The number of rotatable bonds is 3.